The van der Waals surface area contributed by atoms with E-state index in [1.54, 1.807) is 6.07 Å². The van der Waals surface area contributed by atoms with Gasteiger partial charge in [-0.3, -0.25) is 9.89 Å². The van der Waals surface area contributed by atoms with Crippen molar-refractivity contribution in [2.24, 2.45) is 0 Å². The molecule has 6 nitrogen and oxygen atoms in total. The van der Waals surface area contributed by atoms with Crippen molar-refractivity contribution in [3.63, 3.8) is 0 Å². The summed E-state index contributed by atoms with van der Waals surface area (Å²) in [5, 5.41) is 9.57. The Bertz CT molecular complexity index is 794. The highest BCUT2D eigenvalue weighted by Gasteiger charge is 2.29. The van der Waals surface area contributed by atoms with Gasteiger partial charge < -0.3 is 5.32 Å². The highest BCUT2D eigenvalue weighted by atomic mass is 32.2. The molecule has 1 fully saturated rings. The summed E-state index contributed by atoms with van der Waals surface area (Å²) in [6.07, 6.45) is 0.465. The summed E-state index contributed by atoms with van der Waals surface area (Å²) in [6, 6.07) is 9.20. The maximum atomic E-state index is 12.1. The zero-order chi connectivity index (χ0) is 15.7. The van der Waals surface area contributed by atoms with E-state index in [2.05, 4.69) is 15.5 Å². The number of amides is 1. The minimum Gasteiger partial charge on any atom is -0.347 e. The second-order valence-electron chi connectivity index (χ2n) is 5.61. The van der Waals surface area contributed by atoms with E-state index in [0.29, 0.717) is 17.8 Å². The highest BCUT2D eigenvalue weighted by molar-refractivity contribution is 7.91. The average molecular weight is 319 g/mol. The van der Waals surface area contributed by atoms with Crippen molar-refractivity contribution < 1.29 is 13.2 Å². The molecule has 3 rings (SSSR count). The van der Waals surface area contributed by atoms with Crippen LogP contribution in [0.4, 0.5) is 0 Å². The van der Waals surface area contributed by atoms with Gasteiger partial charge in [-0.1, -0.05) is 29.8 Å². The Morgan fingerprint density at radius 1 is 1.32 bits per heavy atom. The van der Waals surface area contributed by atoms with Crippen LogP contribution in [0.25, 0.3) is 11.3 Å². The van der Waals surface area contributed by atoms with Crippen molar-refractivity contribution in [1.29, 1.82) is 0 Å². The van der Waals surface area contributed by atoms with E-state index >= 15 is 0 Å². The maximum Gasteiger partial charge on any atom is 0.269 e. The second kappa shape index (κ2) is 5.57. The molecule has 1 aliphatic heterocycles. The van der Waals surface area contributed by atoms with Gasteiger partial charge in [0.1, 0.15) is 5.69 Å². The third-order valence-corrected chi connectivity index (χ3v) is 5.51. The lowest BCUT2D eigenvalue weighted by molar-refractivity contribution is 0.0936. The molecular weight excluding hydrogens is 302 g/mol. The van der Waals surface area contributed by atoms with E-state index in [1.165, 1.54) is 0 Å². The van der Waals surface area contributed by atoms with Gasteiger partial charge in [-0.25, -0.2) is 8.42 Å². The van der Waals surface area contributed by atoms with Gasteiger partial charge in [0.05, 0.1) is 17.2 Å². The van der Waals surface area contributed by atoms with Crippen LogP contribution in [-0.4, -0.2) is 42.1 Å². The van der Waals surface area contributed by atoms with Crippen LogP contribution >= 0.6 is 0 Å². The fourth-order valence-electron chi connectivity index (χ4n) is 2.48. The Hall–Kier alpha value is -2.15. The molecule has 1 amide bonds. The van der Waals surface area contributed by atoms with Gasteiger partial charge in [-0.05, 0) is 19.4 Å². The molecule has 2 aromatic rings. The van der Waals surface area contributed by atoms with E-state index < -0.39 is 9.84 Å². The summed E-state index contributed by atoms with van der Waals surface area (Å²) < 4.78 is 22.8. The van der Waals surface area contributed by atoms with Gasteiger partial charge in [0, 0.05) is 11.6 Å². The molecule has 1 aromatic carbocycles. The zero-order valence-corrected chi connectivity index (χ0v) is 13.0. The van der Waals surface area contributed by atoms with Gasteiger partial charge in [-0.2, -0.15) is 5.10 Å². The van der Waals surface area contributed by atoms with Gasteiger partial charge in [-0.15, -0.1) is 0 Å². The molecule has 0 saturated carbocycles. The molecule has 0 unspecified atom stereocenters. The van der Waals surface area contributed by atoms with Crippen molar-refractivity contribution in [1.82, 2.24) is 15.5 Å². The third-order valence-electron chi connectivity index (χ3n) is 3.74. The molecule has 1 aromatic heterocycles. The van der Waals surface area contributed by atoms with Crippen LogP contribution in [0, 0.1) is 6.92 Å². The summed E-state index contributed by atoms with van der Waals surface area (Å²) in [6.45, 7) is 2.00. The minimum absolute atomic E-state index is 0.0116. The first-order valence-electron chi connectivity index (χ1n) is 7.07. The normalized spacial score (nSPS) is 20.0. The number of carbonyl (C=O) groups is 1. The first-order valence-corrected chi connectivity index (χ1v) is 8.89. The molecule has 22 heavy (non-hydrogen) atoms. The van der Waals surface area contributed by atoms with Crippen molar-refractivity contribution in [3.05, 3.63) is 41.6 Å². The van der Waals surface area contributed by atoms with E-state index in [9.17, 15) is 13.2 Å². The lowest BCUT2D eigenvalue weighted by Gasteiger charge is -2.08. The van der Waals surface area contributed by atoms with Crippen molar-refractivity contribution >= 4 is 15.7 Å². The lowest BCUT2D eigenvalue weighted by Crippen LogP contribution is -2.35. The first kappa shape index (κ1) is 14.8. The Morgan fingerprint density at radius 2 is 2.05 bits per heavy atom. The largest absolute Gasteiger partial charge is 0.347 e. The van der Waals surface area contributed by atoms with E-state index in [0.717, 1.165) is 11.1 Å². The number of aryl methyl sites for hydroxylation is 1. The van der Waals surface area contributed by atoms with Gasteiger partial charge in [0.2, 0.25) is 0 Å². The van der Waals surface area contributed by atoms with Crippen molar-refractivity contribution in [2.75, 3.05) is 11.5 Å². The maximum absolute atomic E-state index is 12.1. The number of hydrogen-bond donors (Lipinski definition) is 2. The molecule has 2 heterocycles. The molecule has 7 heteroatoms. The molecule has 1 atom stereocenters. The fourth-order valence-corrected chi connectivity index (χ4v) is 4.16. The third kappa shape index (κ3) is 3.19. The van der Waals surface area contributed by atoms with E-state index in [1.807, 2.05) is 31.2 Å². The van der Waals surface area contributed by atoms with Gasteiger partial charge in [0.25, 0.3) is 5.91 Å². The van der Waals surface area contributed by atoms with Crippen LogP contribution in [0.3, 0.4) is 0 Å². The Kier molecular flexibility index (Phi) is 3.74. The number of sulfone groups is 1. The van der Waals surface area contributed by atoms with Crippen LogP contribution in [0.15, 0.2) is 30.3 Å². The molecule has 0 bridgehead atoms. The number of aromatic nitrogens is 2. The van der Waals surface area contributed by atoms with E-state index in [-0.39, 0.29) is 23.5 Å². The predicted molar refractivity (Wildman–Crippen MR) is 83.3 cm³/mol. The van der Waals surface area contributed by atoms with Gasteiger partial charge in [0.15, 0.2) is 9.84 Å². The smallest absolute Gasteiger partial charge is 0.269 e. The summed E-state index contributed by atoms with van der Waals surface area (Å²) in [7, 11) is -3.01. The van der Waals surface area contributed by atoms with E-state index in [4.69, 9.17) is 0 Å². The monoisotopic (exact) mass is 319 g/mol. The quantitative estimate of drug-likeness (QED) is 0.892. The number of rotatable bonds is 3. The zero-order valence-electron chi connectivity index (χ0n) is 12.2. The van der Waals surface area contributed by atoms with Crippen molar-refractivity contribution in [3.8, 4) is 11.3 Å². The number of nitrogens with one attached hydrogen (secondary N) is 2. The summed E-state index contributed by atoms with van der Waals surface area (Å²) in [5.74, 6) is -0.180. The number of benzene rings is 1. The van der Waals surface area contributed by atoms with Gasteiger partial charge >= 0.3 is 0 Å². The lowest BCUT2D eigenvalue weighted by atomic mass is 10.1. The Morgan fingerprint density at radius 3 is 2.68 bits per heavy atom. The Labute approximate surface area is 128 Å². The molecule has 1 saturated heterocycles. The summed E-state index contributed by atoms with van der Waals surface area (Å²) in [5.41, 5.74) is 3.09. The summed E-state index contributed by atoms with van der Waals surface area (Å²) >= 11 is 0. The average Bonchev–Trinajstić information content (AvgIpc) is 3.06. The van der Waals surface area contributed by atoms with Crippen LogP contribution in [-0.2, 0) is 9.84 Å². The fraction of sp³-hybridized carbons (Fsp3) is 0.333. The minimum atomic E-state index is -3.01. The first-order chi connectivity index (χ1) is 10.4. The van der Waals surface area contributed by atoms with Crippen LogP contribution in [0.2, 0.25) is 0 Å². The SMILES string of the molecule is Cc1ccc(-c2cc(C(=O)N[C@@H]3CCS(=O)(=O)C3)[nH]n2)cc1. The Balaban J connectivity index is 1.71. The number of carbonyl (C=O) groups excluding carboxylic acids is 1. The molecule has 116 valence electrons. The predicted octanol–water partition coefficient (Wildman–Crippen LogP) is 1.30. The second-order valence-corrected chi connectivity index (χ2v) is 7.84. The molecular formula is C15H17N3O3S. The topological polar surface area (TPSA) is 91.9 Å². The number of hydrogen-bond acceptors (Lipinski definition) is 4. The molecule has 2 N–H and O–H groups in total. The van der Waals surface area contributed by atoms with Crippen molar-refractivity contribution in [2.45, 2.75) is 19.4 Å². The standard InChI is InChI=1S/C15H17N3O3S/c1-10-2-4-11(5-3-10)13-8-14(18-17-13)15(19)16-12-6-7-22(20,21)9-12/h2-5,8,12H,6-7,9H2,1H3,(H,16,19)(H,17,18)/t12-/m1/s1. The van der Waals surface area contributed by atoms with Crippen LogP contribution in [0.1, 0.15) is 22.5 Å². The molecule has 0 spiro atoms. The molecule has 1 aliphatic rings. The van der Waals surface area contributed by atoms with Crippen LogP contribution in [0.5, 0.6) is 0 Å². The molecule has 0 aliphatic carbocycles. The number of aromatic amines is 1. The highest BCUT2D eigenvalue weighted by Crippen LogP contribution is 2.18. The number of nitrogens with zero attached hydrogens (tertiary/aromatic N) is 1. The summed E-state index contributed by atoms with van der Waals surface area (Å²) in [4.78, 5) is 12.1. The number of H-pyrrole nitrogens is 1. The molecule has 0 radical (unpaired) electrons. The van der Waals surface area contributed by atoms with Crippen LogP contribution < -0.4 is 5.32 Å².